The normalized spacial score (nSPS) is 25.4. The molecule has 0 aromatic heterocycles. The second-order valence-corrected chi connectivity index (χ2v) is 3.98. The molecule has 0 amide bonds. The lowest BCUT2D eigenvalue weighted by Crippen LogP contribution is -2.42. The number of rotatable bonds is 2. The number of nitrogens with zero attached hydrogens (tertiary/aromatic N) is 1. The van der Waals surface area contributed by atoms with Crippen LogP contribution in [-0.2, 0) is 6.42 Å². The van der Waals surface area contributed by atoms with Gasteiger partial charge in [0, 0.05) is 14.1 Å². The lowest BCUT2D eigenvalue weighted by molar-refractivity contribution is 0.0999. The number of hydrogen-bond acceptors (Lipinski definition) is 3. The third-order valence-corrected chi connectivity index (χ3v) is 2.62. The lowest BCUT2D eigenvalue weighted by atomic mass is 10.1. The summed E-state index contributed by atoms with van der Waals surface area (Å²) in [5.41, 5.74) is 5.53. The first-order chi connectivity index (χ1) is 6.68. The summed E-state index contributed by atoms with van der Waals surface area (Å²) in [6.45, 7) is 0. The van der Waals surface area contributed by atoms with Crippen LogP contribution in [0.1, 0.15) is 17.2 Å². The Bertz CT molecular complexity index is 325. The molecule has 2 unspecified atom stereocenters. The van der Waals surface area contributed by atoms with Crippen molar-refractivity contribution in [3.8, 4) is 0 Å². The lowest BCUT2D eigenvalue weighted by Gasteiger charge is -2.21. The molecular weight excluding hydrogens is 176 g/mol. The summed E-state index contributed by atoms with van der Waals surface area (Å²) < 4.78 is 0. The van der Waals surface area contributed by atoms with Gasteiger partial charge in [-0.2, -0.15) is 0 Å². The Hall–Kier alpha value is -0.900. The van der Waals surface area contributed by atoms with Gasteiger partial charge in [0.15, 0.2) is 0 Å². The number of hydrazine groups is 1. The van der Waals surface area contributed by atoms with Crippen molar-refractivity contribution in [1.29, 1.82) is 0 Å². The van der Waals surface area contributed by atoms with Crippen LogP contribution in [0.5, 0.6) is 0 Å². The molecule has 1 aromatic carbocycles. The van der Waals surface area contributed by atoms with Crippen molar-refractivity contribution in [3.05, 3.63) is 35.4 Å². The number of benzene rings is 1. The van der Waals surface area contributed by atoms with E-state index in [1.165, 1.54) is 5.56 Å². The maximum Gasteiger partial charge on any atom is 0.0962 e. The van der Waals surface area contributed by atoms with E-state index >= 15 is 0 Å². The summed E-state index contributed by atoms with van der Waals surface area (Å²) in [6, 6.07) is 8.18. The van der Waals surface area contributed by atoms with Crippen LogP contribution >= 0.6 is 0 Å². The van der Waals surface area contributed by atoms with E-state index in [0.29, 0.717) is 0 Å². The third-order valence-electron chi connectivity index (χ3n) is 2.62. The van der Waals surface area contributed by atoms with Gasteiger partial charge in [0.2, 0.25) is 0 Å². The highest BCUT2D eigenvalue weighted by Crippen LogP contribution is 2.30. The van der Waals surface area contributed by atoms with E-state index < -0.39 is 0 Å². The SMILES string of the molecule is CN(C)NC1Cc2ccccc2C1O. The summed E-state index contributed by atoms with van der Waals surface area (Å²) in [5.74, 6) is 0. The number of hydrogen-bond donors (Lipinski definition) is 2. The Morgan fingerprint density at radius 2 is 2.07 bits per heavy atom. The van der Waals surface area contributed by atoms with Gasteiger partial charge in [-0.3, -0.25) is 5.01 Å². The topological polar surface area (TPSA) is 35.5 Å². The number of fused-ring (bicyclic) bond motifs is 1. The van der Waals surface area contributed by atoms with Crippen LogP contribution in [0.15, 0.2) is 24.3 Å². The molecule has 76 valence electrons. The zero-order valence-electron chi connectivity index (χ0n) is 8.57. The smallest absolute Gasteiger partial charge is 0.0962 e. The van der Waals surface area contributed by atoms with Crippen molar-refractivity contribution in [3.63, 3.8) is 0 Å². The van der Waals surface area contributed by atoms with E-state index in [0.717, 1.165) is 12.0 Å². The second-order valence-electron chi connectivity index (χ2n) is 3.98. The standard InChI is InChI=1S/C11H16N2O/c1-13(2)12-10-7-8-5-3-4-6-9(8)11(10)14/h3-6,10-12,14H,7H2,1-2H3. The molecule has 1 aliphatic rings. The molecule has 0 spiro atoms. The van der Waals surface area contributed by atoms with Crippen LogP contribution < -0.4 is 5.43 Å². The van der Waals surface area contributed by atoms with Crippen LogP contribution in [-0.4, -0.2) is 30.3 Å². The third kappa shape index (κ3) is 1.66. The number of aliphatic hydroxyl groups excluding tert-OH is 1. The van der Waals surface area contributed by atoms with Crippen LogP contribution in [0.25, 0.3) is 0 Å². The summed E-state index contributed by atoms with van der Waals surface area (Å²) in [6.07, 6.45) is 0.517. The van der Waals surface area contributed by atoms with Gasteiger partial charge in [-0.15, -0.1) is 0 Å². The second kappa shape index (κ2) is 3.69. The minimum atomic E-state index is -0.381. The molecule has 0 radical (unpaired) electrons. The molecule has 0 fully saturated rings. The largest absolute Gasteiger partial charge is 0.387 e. The average Bonchev–Trinajstić information content (AvgIpc) is 2.44. The van der Waals surface area contributed by atoms with E-state index in [-0.39, 0.29) is 12.1 Å². The van der Waals surface area contributed by atoms with Gasteiger partial charge in [0.1, 0.15) is 0 Å². The van der Waals surface area contributed by atoms with E-state index in [4.69, 9.17) is 0 Å². The molecule has 2 N–H and O–H groups in total. The molecule has 2 atom stereocenters. The Morgan fingerprint density at radius 3 is 2.71 bits per heavy atom. The molecule has 1 aromatic rings. The summed E-state index contributed by atoms with van der Waals surface area (Å²) in [4.78, 5) is 0. The fraction of sp³-hybridized carbons (Fsp3) is 0.455. The molecule has 0 heterocycles. The zero-order valence-corrected chi connectivity index (χ0v) is 8.57. The van der Waals surface area contributed by atoms with Crippen LogP contribution in [0.3, 0.4) is 0 Å². The summed E-state index contributed by atoms with van der Waals surface area (Å²) >= 11 is 0. The molecule has 14 heavy (non-hydrogen) atoms. The Morgan fingerprint density at radius 1 is 1.36 bits per heavy atom. The predicted molar refractivity (Wildman–Crippen MR) is 55.7 cm³/mol. The number of aliphatic hydroxyl groups is 1. The van der Waals surface area contributed by atoms with Gasteiger partial charge in [-0.05, 0) is 17.5 Å². The fourth-order valence-electron chi connectivity index (χ4n) is 2.02. The molecular formula is C11H16N2O. The van der Waals surface area contributed by atoms with Crippen LogP contribution in [0.2, 0.25) is 0 Å². The highest BCUT2D eigenvalue weighted by atomic mass is 16.3. The van der Waals surface area contributed by atoms with Crippen molar-refractivity contribution in [2.45, 2.75) is 18.6 Å². The first-order valence-electron chi connectivity index (χ1n) is 4.88. The van der Waals surface area contributed by atoms with Crippen LogP contribution in [0.4, 0.5) is 0 Å². The molecule has 0 saturated carbocycles. The van der Waals surface area contributed by atoms with Gasteiger partial charge in [-0.1, -0.05) is 24.3 Å². The van der Waals surface area contributed by atoms with Crippen LogP contribution in [0, 0.1) is 0 Å². The zero-order chi connectivity index (χ0) is 10.1. The van der Waals surface area contributed by atoms with E-state index in [1.54, 1.807) is 0 Å². The molecule has 0 bridgehead atoms. The maximum atomic E-state index is 10.0. The van der Waals surface area contributed by atoms with Gasteiger partial charge in [0.05, 0.1) is 12.1 Å². The first-order valence-corrected chi connectivity index (χ1v) is 4.88. The van der Waals surface area contributed by atoms with Crippen molar-refractivity contribution in [2.75, 3.05) is 14.1 Å². The minimum Gasteiger partial charge on any atom is -0.387 e. The van der Waals surface area contributed by atoms with E-state index in [1.807, 2.05) is 37.3 Å². The fourth-order valence-corrected chi connectivity index (χ4v) is 2.02. The first kappa shape index (κ1) is 9.65. The van der Waals surface area contributed by atoms with Crippen molar-refractivity contribution < 1.29 is 5.11 Å². The van der Waals surface area contributed by atoms with Crippen molar-refractivity contribution in [1.82, 2.24) is 10.4 Å². The highest BCUT2D eigenvalue weighted by molar-refractivity contribution is 5.35. The van der Waals surface area contributed by atoms with Gasteiger partial charge < -0.3 is 5.11 Å². The predicted octanol–water partition coefficient (Wildman–Crippen LogP) is 0.711. The summed E-state index contributed by atoms with van der Waals surface area (Å²) in [5, 5.41) is 11.9. The highest BCUT2D eigenvalue weighted by Gasteiger charge is 2.30. The molecule has 3 nitrogen and oxygen atoms in total. The van der Waals surface area contributed by atoms with E-state index in [2.05, 4.69) is 11.5 Å². The average molecular weight is 192 g/mol. The van der Waals surface area contributed by atoms with E-state index in [9.17, 15) is 5.11 Å². The van der Waals surface area contributed by atoms with Gasteiger partial charge in [0.25, 0.3) is 0 Å². The summed E-state index contributed by atoms with van der Waals surface area (Å²) in [7, 11) is 3.88. The maximum absolute atomic E-state index is 10.0. The molecule has 1 aliphatic carbocycles. The Kier molecular flexibility index (Phi) is 2.54. The van der Waals surface area contributed by atoms with Gasteiger partial charge in [-0.25, -0.2) is 5.43 Å². The molecule has 3 heteroatoms. The monoisotopic (exact) mass is 192 g/mol. The Labute approximate surface area is 84.3 Å². The van der Waals surface area contributed by atoms with Gasteiger partial charge >= 0.3 is 0 Å². The minimum absolute atomic E-state index is 0.113. The molecule has 0 saturated heterocycles. The van der Waals surface area contributed by atoms with Crippen molar-refractivity contribution in [2.24, 2.45) is 0 Å². The molecule has 2 rings (SSSR count). The quantitative estimate of drug-likeness (QED) is 0.677. The molecule has 0 aliphatic heterocycles. The van der Waals surface area contributed by atoms with Crippen molar-refractivity contribution >= 4 is 0 Å². The Balaban J connectivity index is 2.17. The number of nitrogens with one attached hydrogen (secondary N) is 1.